The molecule has 1 aromatic carbocycles. The number of piperidine rings is 2. The molecule has 3 aromatic rings. The smallest absolute Gasteiger partial charge is 0.410 e. The Hall–Kier alpha value is -5.01. The fourth-order valence-corrected chi connectivity index (χ4v) is 8.81. The maximum Gasteiger partial charge on any atom is 0.410 e. The highest BCUT2D eigenvalue weighted by molar-refractivity contribution is 7.91. The number of likely N-dealkylation sites (tertiary alicyclic amines) is 2. The molecule has 3 aliphatic heterocycles. The Morgan fingerprint density at radius 3 is 2.18 bits per heavy atom. The molecule has 4 fully saturated rings. The zero-order valence-electron chi connectivity index (χ0n) is 35.8. The molecule has 3 unspecified atom stereocenters. The van der Waals surface area contributed by atoms with Crippen LogP contribution >= 0.6 is 0 Å². The summed E-state index contributed by atoms with van der Waals surface area (Å²) in [6.45, 7) is 12.0. The topological polar surface area (TPSA) is 185 Å². The largest absolute Gasteiger partial charge is 0.476 e. The molecule has 19 heteroatoms. The van der Waals surface area contributed by atoms with Gasteiger partial charge in [-0.2, -0.15) is 0 Å². The van der Waals surface area contributed by atoms with Crippen LogP contribution in [-0.2, 0) is 24.2 Å². The zero-order valence-corrected chi connectivity index (χ0v) is 36.6. The van der Waals surface area contributed by atoms with Crippen LogP contribution < -0.4 is 20.1 Å². The van der Waals surface area contributed by atoms with E-state index in [-0.39, 0.29) is 64.9 Å². The normalized spacial score (nSPS) is 20.6. The molecule has 7 rings (SSSR count). The van der Waals surface area contributed by atoms with Gasteiger partial charge in [-0.15, -0.1) is 10.2 Å². The lowest BCUT2D eigenvalue weighted by molar-refractivity contribution is -0.122. The number of benzene rings is 1. The van der Waals surface area contributed by atoms with Gasteiger partial charge in [-0.25, -0.2) is 27.0 Å². The summed E-state index contributed by atoms with van der Waals surface area (Å²) in [5.74, 6) is 0.572. The average Bonchev–Trinajstić information content (AvgIpc) is 4.09. The summed E-state index contributed by atoms with van der Waals surface area (Å²) in [4.78, 5) is 47.6. The number of hydrogen-bond donors (Lipinski definition) is 2. The molecule has 3 atom stereocenters. The van der Waals surface area contributed by atoms with Gasteiger partial charge in [0.2, 0.25) is 17.7 Å². The molecule has 16 nitrogen and oxygen atoms in total. The molecular weight excluding hydrogens is 827 g/mol. The van der Waals surface area contributed by atoms with Crippen LogP contribution in [0.2, 0.25) is 0 Å². The molecule has 3 saturated heterocycles. The van der Waals surface area contributed by atoms with Gasteiger partial charge in [-0.1, -0.05) is 6.92 Å². The van der Waals surface area contributed by atoms with Crippen LogP contribution in [0.3, 0.4) is 0 Å². The van der Waals surface area contributed by atoms with Crippen LogP contribution in [0, 0.1) is 29.4 Å². The summed E-state index contributed by atoms with van der Waals surface area (Å²) in [5.41, 5.74) is 0. The quantitative estimate of drug-likeness (QED) is 0.211. The molecule has 0 spiro atoms. The first-order valence-corrected chi connectivity index (χ1v) is 23.3. The predicted octanol–water partition coefficient (Wildman–Crippen LogP) is 5.77. The van der Waals surface area contributed by atoms with Crippen LogP contribution in [0.5, 0.6) is 17.4 Å². The van der Waals surface area contributed by atoms with Crippen LogP contribution in [0.1, 0.15) is 66.2 Å². The van der Waals surface area contributed by atoms with E-state index in [4.69, 9.17) is 14.2 Å². The summed E-state index contributed by atoms with van der Waals surface area (Å²) >= 11 is 0. The third kappa shape index (κ3) is 13.7. The van der Waals surface area contributed by atoms with E-state index in [1.54, 1.807) is 23.1 Å². The molecule has 3 amide bonds. The molecule has 5 heterocycles. The number of anilines is 2. The van der Waals surface area contributed by atoms with Crippen LogP contribution in [0.4, 0.5) is 25.2 Å². The number of nitrogens with one attached hydrogen (secondary N) is 2. The van der Waals surface area contributed by atoms with E-state index in [9.17, 15) is 31.6 Å². The van der Waals surface area contributed by atoms with Crippen molar-refractivity contribution in [1.29, 1.82) is 0 Å². The molecule has 338 valence electrons. The summed E-state index contributed by atoms with van der Waals surface area (Å²) in [6, 6.07) is 9.55. The van der Waals surface area contributed by atoms with Crippen molar-refractivity contribution in [3.63, 3.8) is 0 Å². The first-order chi connectivity index (χ1) is 29.6. The van der Waals surface area contributed by atoms with Crippen molar-refractivity contribution in [2.75, 3.05) is 68.0 Å². The molecule has 0 bridgehead atoms. The summed E-state index contributed by atoms with van der Waals surface area (Å²) < 4.78 is 66.2. The second-order valence-electron chi connectivity index (χ2n) is 16.7. The van der Waals surface area contributed by atoms with Crippen molar-refractivity contribution in [3.8, 4) is 17.4 Å². The zero-order chi connectivity index (χ0) is 44.4. The van der Waals surface area contributed by atoms with Crippen molar-refractivity contribution in [3.05, 3.63) is 60.3 Å². The van der Waals surface area contributed by atoms with Gasteiger partial charge in [-0.05, 0) is 108 Å². The Morgan fingerprint density at radius 2 is 1.55 bits per heavy atom. The summed E-state index contributed by atoms with van der Waals surface area (Å²) in [6.07, 6.45) is 6.77. The van der Waals surface area contributed by atoms with E-state index in [0.29, 0.717) is 75.1 Å². The van der Waals surface area contributed by atoms with Gasteiger partial charge in [-0.3, -0.25) is 19.4 Å². The van der Waals surface area contributed by atoms with E-state index < -0.39 is 21.5 Å². The number of carbonyl (C=O) groups is 3. The van der Waals surface area contributed by atoms with Gasteiger partial charge in [0.15, 0.2) is 27.2 Å². The van der Waals surface area contributed by atoms with E-state index in [2.05, 4.69) is 35.6 Å². The minimum absolute atomic E-state index is 0.113. The molecular formula is C43H58F2N8O8S. The minimum Gasteiger partial charge on any atom is -0.476 e. The third-order valence-corrected chi connectivity index (χ3v) is 13.3. The van der Waals surface area contributed by atoms with Crippen LogP contribution in [-0.4, -0.2) is 132 Å². The van der Waals surface area contributed by atoms with Crippen molar-refractivity contribution in [1.82, 2.24) is 29.9 Å². The van der Waals surface area contributed by atoms with Crippen LogP contribution in [0.25, 0.3) is 0 Å². The Bertz CT molecular complexity index is 2070. The minimum atomic E-state index is -2.88. The Balaban J connectivity index is 0.000000207. The Morgan fingerprint density at radius 1 is 0.839 bits per heavy atom. The van der Waals surface area contributed by atoms with Crippen LogP contribution in [0.15, 0.2) is 48.7 Å². The van der Waals surface area contributed by atoms with Crippen molar-refractivity contribution in [2.24, 2.45) is 17.8 Å². The number of amides is 3. The molecule has 4 aliphatic rings. The highest BCUT2D eigenvalue weighted by Gasteiger charge is 2.34. The fraction of sp³-hybridized carbons (Fsp3) is 0.581. The van der Waals surface area contributed by atoms with E-state index in [0.717, 1.165) is 38.1 Å². The highest BCUT2D eigenvalue weighted by Crippen LogP contribution is 2.30. The number of carbonyl (C=O) groups excluding carboxylic acids is 3. The SMILES string of the molecule is CC(C(=O)Nc1ccc(OCC2CC2)nn1)N1CCCC(N2CCS(=O)(=O)CC2)C1.CC(C)OC(=O)N1CCC(C(C)C(=O)Nc2ccc(Oc3ccc(F)cc3F)cn2)CC1. The van der Waals surface area contributed by atoms with Gasteiger partial charge in [0, 0.05) is 56.8 Å². The molecule has 1 aliphatic carbocycles. The maximum absolute atomic E-state index is 13.7. The number of rotatable bonds is 13. The summed E-state index contributed by atoms with van der Waals surface area (Å²) in [5, 5.41) is 13.7. The monoisotopic (exact) mass is 884 g/mol. The first-order valence-electron chi connectivity index (χ1n) is 21.4. The highest BCUT2D eigenvalue weighted by atomic mass is 32.2. The second-order valence-corrected chi connectivity index (χ2v) is 19.0. The second kappa shape index (κ2) is 21.4. The van der Waals surface area contributed by atoms with E-state index in [1.807, 2.05) is 27.7 Å². The number of ether oxygens (including phenoxy) is 3. The maximum atomic E-state index is 13.7. The summed E-state index contributed by atoms with van der Waals surface area (Å²) in [7, 11) is -2.88. The lowest BCUT2D eigenvalue weighted by atomic mass is 9.85. The number of nitrogens with zero attached hydrogens (tertiary/aromatic N) is 6. The lowest BCUT2D eigenvalue weighted by Crippen LogP contribution is -2.55. The Kier molecular flexibility index (Phi) is 16.0. The van der Waals surface area contributed by atoms with Gasteiger partial charge in [0.05, 0.1) is 36.5 Å². The number of halogens is 2. The third-order valence-electron chi connectivity index (χ3n) is 11.7. The van der Waals surface area contributed by atoms with Crippen molar-refractivity contribution < 1.29 is 45.8 Å². The average molecular weight is 885 g/mol. The molecule has 1 saturated carbocycles. The standard InChI is InChI=1S/C23H27F2N3O4.C20H31N5O4S/c1-14(2)31-23(30)28-10-8-16(9-11-28)15(3)22(29)27-21-7-5-18(13-26-21)32-20-6-4-17(24)12-19(20)25;1-15(20(26)21-18-6-7-19(23-22-18)29-14-16-4-5-16)25-8-2-3-17(13-25)24-9-11-30(27,28)12-10-24/h4-7,12-16H,8-11H2,1-3H3,(H,26,27,29);6-7,15-17H,2-5,8-14H2,1H3,(H,21,22,26). The van der Waals surface area contributed by atoms with Gasteiger partial charge < -0.3 is 29.7 Å². The first kappa shape index (κ1) is 46.5. The van der Waals surface area contributed by atoms with Crippen molar-refractivity contribution in [2.45, 2.75) is 84.4 Å². The number of aromatic nitrogens is 3. The lowest BCUT2D eigenvalue weighted by Gasteiger charge is -2.42. The van der Waals surface area contributed by atoms with Gasteiger partial charge >= 0.3 is 6.09 Å². The fourth-order valence-electron chi connectivity index (χ4n) is 7.58. The molecule has 0 radical (unpaired) electrons. The van der Waals surface area contributed by atoms with E-state index >= 15 is 0 Å². The van der Waals surface area contributed by atoms with Gasteiger partial charge in [0.1, 0.15) is 17.4 Å². The van der Waals surface area contributed by atoms with Crippen molar-refractivity contribution >= 4 is 39.4 Å². The number of pyridine rings is 1. The molecule has 2 N–H and O–H groups in total. The van der Waals surface area contributed by atoms with Gasteiger partial charge in [0.25, 0.3) is 0 Å². The molecule has 2 aromatic heterocycles. The van der Waals surface area contributed by atoms with E-state index in [1.165, 1.54) is 31.2 Å². The molecule has 62 heavy (non-hydrogen) atoms. The number of hydrogen-bond acceptors (Lipinski definition) is 13. The Labute approximate surface area is 362 Å². The predicted molar refractivity (Wildman–Crippen MR) is 228 cm³/mol. The number of sulfone groups is 1.